The molecule has 1 aliphatic rings. The predicted octanol–water partition coefficient (Wildman–Crippen LogP) is 3.35. The van der Waals surface area contributed by atoms with Gasteiger partial charge < -0.3 is 5.32 Å². The van der Waals surface area contributed by atoms with Crippen LogP contribution in [0.5, 0.6) is 0 Å². The Hall–Kier alpha value is -0.540. The molecule has 0 aromatic carbocycles. The SMILES string of the molecule is CCCNCC1(Cc2c(Cl)c(CC)nn2C)CCC1. The van der Waals surface area contributed by atoms with E-state index in [0.29, 0.717) is 5.41 Å². The minimum absolute atomic E-state index is 0.414. The van der Waals surface area contributed by atoms with Crippen molar-refractivity contribution in [2.45, 2.75) is 52.4 Å². The fraction of sp³-hybridized carbons (Fsp3) is 0.800. The molecule has 1 aromatic rings. The summed E-state index contributed by atoms with van der Waals surface area (Å²) in [6.45, 7) is 6.55. The lowest BCUT2D eigenvalue weighted by Gasteiger charge is -2.42. The fourth-order valence-electron chi connectivity index (χ4n) is 2.99. The van der Waals surface area contributed by atoms with Gasteiger partial charge in [0.05, 0.1) is 16.4 Å². The van der Waals surface area contributed by atoms with E-state index in [1.165, 1.54) is 31.4 Å². The van der Waals surface area contributed by atoms with Crippen molar-refractivity contribution in [1.29, 1.82) is 0 Å². The standard InChI is InChI=1S/C15H26ClN3/c1-4-9-17-11-15(7-6-8-15)10-13-14(16)12(5-2)18-19(13)3/h17H,4-11H2,1-3H3. The minimum Gasteiger partial charge on any atom is -0.316 e. The Morgan fingerprint density at radius 3 is 2.58 bits per heavy atom. The van der Waals surface area contributed by atoms with Crippen LogP contribution in [0, 0.1) is 5.41 Å². The zero-order valence-corrected chi connectivity index (χ0v) is 13.2. The van der Waals surface area contributed by atoms with Crippen molar-refractivity contribution < 1.29 is 0 Å². The van der Waals surface area contributed by atoms with Crippen molar-refractivity contribution in [3.8, 4) is 0 Å². The molecule has 2 rings (SSSR count). The second-order valence-electron chi connectivity index (χ2n) is 5.89. The van der Waals surface area contributed by atoms with Crippen LogP contribution in [0.15, 0.2) is 0 Å². The molecule has 0 atom stereocenters. The van der Waals surface area contributed by atoms with Crippen molar-refractivity contribution in [3.05, 3.63) is 16.4 Å². The zero-order chi connectivity index (χ0) is 13.9. The first-order chi connectivity index (χ1) is 9.12. The van der Waals surface area contributed by atoms with Gasteiger partial charge in [-0.1, -0.05) is 31.9 Å². The van der Waals surface area contributed by atoms with E-state index < -0.39 is 0 Å². The fourth-order valence-corrected chi connectivity index (χ4v) is 3.35. The molecule has 108 valence electrons. The van der Waals surface area contributed by atoms with Crippen LogP contribution >= 0.6 is 11.6 Å². The van der Waals surface area contributed by atoms with Crippen LogP contribution in [0.2, 0.25) is 5.02 Å². The van der Waals surface area contributed by atoms with Crippen LogP contribution < -0.4 is 5.32 Å². The highest BCUT2D eigenvalue weighted by atomic mass is 35.5. The van der Waals surface area contributed by atoms with Gasteiger partial charge in [-0.15, -0.1) is 0 Å². The van der Waals surface area contributed by atoms with Crippen LogP contribution in [-0.2, 0) is 19.9 Å². The average Bonchev–Trinajstić information content (AvgIpc) is 2.62. The molecular weight excluding hydrogens is 258 g/mol. The summed E-state index contributed by atoms with van der Waals surface area (Å²) < 4.78 is 1.99. The first kappa shape index (κ1) is 14.9. The summed E-state index contributed by atoms with van der Waals surface area (Å²) in [5.74, 6) is 0. The number of nitrogens with zero attached hydrogens (tertiary/aromatic N) is 2. The Bertz CT molecular complexity index is 421. The first-order valence-electron chi connectivity index (χ1n) is 7.53. The molecule has 1 aliphatic carbocycles. The molecule has 1 saturated carbocycles. The Morgan fingerprint density at radius 1 is 1.37 bits per heavy atom. The lowest BCUT2D eigenvalue weighted by molar-refractivity contribution is 0.127. The monoisotopic (exact) mass is 283 g/mol. The summed E-state index contributed by atoms with van der Waals surface area (Å²) in [6.07, 6.45) is 7.14. The number of hydrogen-bond donors (Lipinski definition) is 1. The maximum Gasteiger partial charge on any atom is 0.0849 e. The molecule has 1 fully saturated rings. The molecule has 0 radical (unpaired) electrons. The normalized spacial score (nSPS) is 17.5. The number of aromatic nitrogens is 2. The molecule has 4 heteroatoms. The highest BCUT2D eigenvalue weighted by molar-refractivity contribution is 6.31. The molecule has 0 aliphatic heterocycles. The quantitative estimate of drug-likeness (QED) is 0.778. The summed E-state index contributed by atoms with van der Waals surface area (Å²) in [7, 11) is 2.02. The van der Waals surface area contributed by atoms with Crippen LogP contribution in [0.4, 0.5) is 0 Å². The summed E-state index contributed by atoms with van der Waals surface area (Å²) >= 11 is 6.47. The molecule has 0 unspecified atom stereocenters. The lowest BCUT2D eigenvalue weighted by atomic mass is 9.66. The van der Waals surface area contributed by atoms with Gasteiger partial charge in [-0.2, -0.15) is 5.10 Å². The highest BCUT2D eigenvalue weighted by Gasteiger charge is 2.38. The highest BCUT2D eigenvalue weighted by Crippen LogP contribution is 2.44. The third-order valence-corrected chi connectivity index (χ3v) is 4.82. The van der Waals surface area contributed by atoms with Crippen LogP contribution in [-0.4, -0.2) is 22.9 Å². The third-order valence-electron chi connectivity index (χ3n) is 4.39. The maximum absolute atomic E-state index is 6.47. The molecule has 1 heterocycles. The molecule has 1 aromatic heterocycles. The Labute approximate surface area is 121 Å². The summed E-state index contributed by atoms with van der Waals surface area (Å²) in [4.78, 5) is 0. The maximum atomic E-state index is 6.47. The topological polar surface area (TPSA) is 29.9 Å². The zero-order valence-electron chi connectivity index (χ0n) is 12.4. The van der Waals surface area contributed by atoms with E-state index in [1.807, 2.05) is 11.7 Å². The van der Waals surface area contributed by atoms with Gasteiger partial charge in [-0.3, -0.25) is 4.68 Å². The smallest absolute Gasteiger partial charge is 0.0849 e. The van der Waals surface area contributed by atoms with Crippen molar-refractivity contribution in [1.82, 2.24) is 15.1 Å². The van der Waals surface area contributed by atoms with Gasteiger partial charge in [0.25, 0.3) is 0 Å². The number of aryl methyl sites for hydroxylation is 2. The van der Waals surface area contributed by atoms with E-state index >= 15 is 0 Å². The van der Waals surface area contributed by atoms with Crippen molar-refractivity contribution in [2.24, 2.45) is 12.5 Å². The van der Waals surface area contributed by atoms with Gasteiger partial charge in [0.15, 0.2) is 0 Å². The largest absolute Gasteiger partial charge is 0.316 e. The number of nitrogens with one attached hydrogen (secondary N) is 1. The van der Waals surface area contributed by atoms with Crippen LogP contribution in [0.3, 0.4) is 0 Å². The predicted molar refractivity (Wildman–Crippen MR) is 80.7 cm³/mol. The van der Waals surface area contributed by atoms with Gasteiger partial charge in [-0.25, -0.2) is 0 Å². The molecule has 3 nitrogen and oxygen atoms in total. The minimum atomic E-state index is 0.414. The van der Waals surface area contributed by atoms with E-state index in [4.69, 9.17) is 11.6 Å². The van der Waals surface area contributed by atoms with Crippen molar-refractivity contribution in [2.75, 3.05) is 13.1 Å². The van der Waals surface area contributed by atoms with Crippen molar-refractivity contribution in [3.63, 3.8) is 0 Å². The summed E-state index contributed by atoms with van der Waals surface area (Å²) in [6, 6.07) is 0. The van der Waals surface area contributed by atoms with E-state index in [2.05, 4.69) is 24.3 Å². The van der Waals surface area contributed by atoms with E-state index in [1.54, 1.807) is 0 Å². The lowest BCUT2D eigenvalue weighted by Crippen LogP contribution is -2.42. The molecule has 0 amide bonds. The Balaban J connectivity index is 2.08. The van der Waals surface area contributed by atoms with E-state index in [0.717, 1.165) is 36.6 Å². The molecular formula is C15H26ClN3. The van der Waals surface area contributed by atoms with Crippen molar-refractivity contribution >= 4 is 11.6 Å². The molecule has 0 saturated heterocycles. The van der Waals surface area contributed by atoms with Gasteiger partial charge in [0.1, 0.15) is 0 Å². The molecule has 0 spiro atoms. The number of halogens is 1. The van der Waals surface area contributed by atoms with Gasteiger partial charge in [0.2, 0.25) is 0 Å². The summed E-state index contributed by atoms with van der Waals surface area (Å²) in [5, 5.41) is 9.01. The third kappa shape index (κ3) is 3.14. The second kappa shape index (κ2) is 6.27. The molecule has 0 bridgehead atoms. The Morgan fingerprint density at radius 2 is 2.11 bits per heavy atom. The van der Waals surface area contributed by atoms with Gasteiger partial charge in [-0.05, 0) is 44.1 Å². The second-order valence-corrected chi connectivity index (χ2v) is 6.27. The first-order valence-corrected chi connectivity index (χ1v) is 7.90. The molecule has 1 N–H and O–H groups in total. The van der Waals surface area contributed by atoms with E-state index in [9.17, 15) is 0 Å². The summed E-state index contributed by atoms with van der Waals surface area (Å²) in [5.41, 5.74) is 2.67. The van der Waals surface area contributed by atoms with Gasteiger partial charge in [0, 0.05) is 13.6 Å². The Kier molecular flexibility index (Phi) is 4.91. The van der Waals surface area contributed by atoms with Crippen LogP contribution in [0.1, 0.15) is 50.9 Å². The number of hydrogen-bond acceptors (Lipinski definition) is 2. The number of rotatable bonds is 7. The van der Waals surface area contributed by atoms with Crippen LogP contribution in [0.25, 0.3) is 0 Å². The van der Waals surface area contributed by atoms with E-state index in [-0.39, 0.29) is 0 Å². The average molecular weight is 284 g/mol. The van der Waals surface area contributed by atoms with Gasteiger partial charge >= 0.3 is 0 Å². The molecule has 19 heavy (non-hydrogen) atoms.